The number of nitrogens with one attached hydrogen (secondary N) is 4. The predicted octanol–water partition coefficient (Wildman–Crippen LogP) is 1.55. The monoisotopic (exact) mass is 652 g/mol. The van der Waals surface area contributed by atoms with Gasteiger partial charge in [-0.3, -0.25) is 19.2 Å². The molecule has 3 fully saturated rings. The maximum atomic E-state index is 12.6. The Morgan fingerprint density at radius 2 is 1.78 bits per heavy atom. The number of epoxide rings is 1. The van der Waals surface area contributed by atoms with E-state index in [0.29, 0.717) is 45.4 Å². The molecule has 3 aliphatic heterocycles. The number of amides is 2. The average molecular weight is 653 g/mol. The van der Waals surface area contributed by atoms with Crippen LogP contribution < -0.4 is 21.3 Å². The maximum absolute atomic E-state index is 12.6. The molecule has 0 spiro atoms. The predicted molar refractivity (Wildman–Crippen MR) is 173 cm³/mol. The van der Waals surface area contributed by atoms with Crippen molar-refractivity contribution in [2.75, 3.05) is 5.75 Å². The van der Waals surface area contributed by atoms with E-state index in [1.54, 1.807) is 26.0 Å². The fourth-order valence-corrected chi connectivity index (χ4v) is 7.18. The summed E-state index contributed by atoms with van der Waals surface area (Å²) in [5.74, 6) is -2.67. The fraction of sp³-hybridized carbons (Fsp3) is 0.455. The molecule has 1 unspecified atom stereocenters. The molecule has 0 radical (unpaired) electrons. The molecule has 0 bridgehead atoms. The fourth-order valence-electron chi connectivity index (χ4n) is 6.91. The van der Waals surface area contributed by atoms with Crippen molar-refractivity contribution in [2.45, 2.75) is 70.8 Å². The van der Waals surface area contributed by atoms with Crippen LogP contribution in [0.4, 0.5) is 0 Å². The number of carbonyl (C=O) groups excluding carboxylic acids is 2. The standard InChI is InChI=1S/C33H40N4O8S/c1-6-20-31(44)37-33(32(20,5)45-33)14-25-17(4)29(26(38)13-28(41)42)24(35-25)12-22-18(7-8-27(39)40)15(2)21(34-22)11-23-19(9-10-46)16(3)30(43)36-23/h6,11-12,14,16,19-20,26,34-35,38,46H,1,7-10,13H2,2-5H3,(H,36,43)(H,37,44)(H,39,40)(H,41,42)/b23-11-,24-12-,25-14+/t16-,19-,20?,26+,32+,33+/m1/s1. The summed E-state index contributed by atoms with van der Waals surface area (Å²) >= 11 is 4.36. The summed E-state index contributed by atoms with van der Waals surface area (Å²) in [6.45, 7) is 11.0. The molecule has 13 heteroatoms. The van der Waals surface area contributed by atoms with Crippen molar-refractivity contribution in [3.05, 3.63) is 62.7 Å². The number of carbonyl (C=O) groups is 4. The smallest absolute Gasteiger partial charge is 0.306 e. The number of allylic oxidation sites excluding steroid dienone is 1. The summed E-state index contributed by atoms with van der Waals surface area (Å²) in [6, 6.07) is 0. The number of aliphatic hydroxyl groups is 1. The second kappa shape index (κ2) is 12.3. The molecule has 3 saturated heterocycles. The van der Waals surface area contributed by atoms with Gasteiger partial charge in [-0.1, -0.05) is 13.0 Å². The topological polar surface area (TPSA) is 197 Å². The van der Waals surface area contributed by atoms with Gasteiger partial charge in [-0.25, -0.2) is 0 Å². The van der Waals surface area contributed by atoms with Crippen LogP contribution in [0.15, 0.2) is 18.4 Å². The van der Waals surface area contributed by atoms with Crippen molar-refractivity contribution in [1.29, 1.82) is 0 Å². The average Bonchev–Trinajstić information content (AvgIpc) is 3.17. The van der Waals surface area contributed by atoms with Gasteiger partial charge in [-0.15, -0.1) is 6.58 Å². The van der Waals surface area contributed by atoms with Crippen LogP contribution in [0.25, 0.3) is 18.2 Å². The van der Waals surface area contributed by atoms with Crippen molar-refractivity contribution in [3.63, 3.8) is 0 Å². The number of aromatic nitrogens is 2. The van der Waals surface area contributed by atoms with Crippen molar-refractivity contribution in [3.8, 4) is 0 Å². The van der Waals surface area contributed by atoms with E-state index >= 15 is 0 Å². The number of ether oxygens (including phenoxy) is 1. The molecule has 0 aliphatic carbocycles. The maximum Gasteiger partial charge on any atom is 0.306 e. The summed E-state index contributed by atoms with van der Waals surface area (Å²) < 4.78 is 6.00. The lowest BCUT2D eigenvalue weighted by Gasteiger charge is -2.12. The number of carboxylic acid groups (broad SMARTS) is 2. The third kappa shape index (κ3) is 5.71. The van der Waals surface area contributed by atoms with Crippen molar-refractivity contribution >= 4 is 54.6 Å². The second-order valence-corrected chi connectivity index (χ2v) is 12.9. The number of hydrogen-bond donors (Lipinski definition) is 8. The largest absolute Gasteiger partial charge is 0.481 e. The van der Waals surface area contributed by atoms with Crippen LogP contribution in [0.3, 0.4) is 0 Å². The number of thiol groups is 1. The van der Waals surface area contributed by atoms with Gasteiger partial charge in [0.2, 0.25) is 11.8 Å². The molecule has 0 saturated carbocycles. The Labute approximate surface area is 271 Å². The van der Waals surface area contributed by atoms with E-state index in [2.05, 4.69) is 39.8 Å². The highest BCUT2D eigenvalue weighted by atomic mass is 32.1. The van der Waals surface area contributed by atoms with Gasteiger partial charge in [0, 0.05) is 51.6 Å². The van der Waals surface area contributed by atoms with E-state index in [4.69, 9.17) is 4.74 Å². The Balaban J connectivity index is 1.67. The van der Waals surface area contributed by atoms with Crippen LogP contribution >= 0.6 is 12.6 Å². The Hall–Kier alpha value is -4.07. The first-order valence-corrected chi connectivity index (χ1v) is 15.8. The van der Waals surface area contributed by atoms with Crippen LogP contribution in [-0.4, -0.2) is 66.1 Å². The molecule has 6 atom stereocenters. The van der Waals surface area contributed by atoms with Crippen LogP contribution in [0.1, 0.15) is 72.9 Å². The van der Waals surface area contributed by atoms with Gasteiger partial charge >= 0.3 is 11.9 Å². The SMILES string of the molecule is C=CC1C(=O)N[C@@]2(/C=c3/[nH]/c(=C\c4[nH]c(/C=C5\NC(=O)[C@H](C)[C@H]5CCS)c(C)c4CCC(=O)O)c([C@@H](O)CC(=O)O)c3C)O[C@@]12C. The van der Waals surface area contributed by atoms with Gasteiger partial charge < -0.3 is 40.7 Å². The minimum atomic E-state index is -1.37. The molecule has 12 nitrogen and oxygen atoms in total. The van der Waals surface area contributed by atoms with Crippen molar-refractivity contribution in [1.82, 2.24) is 20.6 Å². The van der Waals surface area contributed by atoms with Gasteiger partial charge in [-0.2, -0.15) is 12.6 Å². The highest BCUT2D eigenvalue weighted by Crippen LogP contribution is 2.56. The first-order chi connectivity index (χ1) is 21.7. The molecular formula is C33H40N4O8S. The highest BCUT2D eigenvalue weighted by Gasteiger charge is 2.76. The molecule has 2 aromatic rings. The normalized spacial score (nSPS) is 29.2. The summed E-state index contributed by atoms with van der Waals surface area (Å²) in [4.78, 5) is 55.0. The van der Waals surface area contributed by atoms with E-state index < -0.39 is 41.7 Å². The number of rotatable bonds is 12. The van der Waals surface area contributed by atoms with Crippen LogP contribution in [0, 0.1) is 31.6 Å². The quantitative estimate of drug-likeness (QED) is 0.0960. The van der Waals surface area contributed by atoms with Crippen LogP contribution in [0.2, 0.25) is 0 Å². The molecular weight excluding hydrogens is 612 g/mol. The zero-order valence-electron chi connectivity index (χ0n) is 26.2. The number of aliphatic carboxylic acids is 2. The number of aromatic amines is 2. The third-order valence-corrected chi connectivity index (χ3v) is 9.92. The van der Waals surface area contributed by atoms with E-state index in [-0.39, 0.29) is 36.5 Å². The zero-order chi connectivity index (χ0) is 33.7. The Morgan fingerprint density at radius 3 is 2.39 bits per heavy atom. The number of hydrogen-bond acceptors (Lipinski definition) is 7. The summed E-state index contributed by atoms with van der Waals surface area (Å²) in [7, 11) is 0. The lowest BCUT2D eigenvalue weighted by molar-refractivity contribution is -0.139. The first kappa shape index (κ1) is 33.3. The molecule has 5 heterocycles. The van der Waals surface area contributed by atoms with Gasteiger partial charge in [0.15, 0.2) is 5.72 Å². The molecule has 2 amide bonds. The summed E-state index contributed by atoms with van der Waals surface area (Å²) in [5.41, 5.74) is 2.48. The molecule has 46 heavy (non-hydrogen) atoms. The van der Waals surface area contributed by atoms with Crippen LogP contribution in [0.5, 0.6) is 0 Å². The van der Waals surface area contributed by atoms with Crippen LogP contribution in [-0.2, 0) is 30.3 Å². The first-order valence-electron chi connectivity index (χ1n) is 15.2. The Kier molecular flexibility index (Phi) is 8.88. The van der Waals surface area contributed by atoms with Crippen molar-refractivity contribution < 1.29 is 39.2 Å². The summed E-state index contributed by atoms with van der Waals surface area (Å²) in [6.07, 6.45) is 5.70. The van der Waals surface area contributed by atoms with Gasteiger partial charge in [0.25, 0.3) is 0 Å². The van der Waals surface area contributed by atoms with E-state index in [9.17, 15) is 34.5 Å². The molecule has 5 rings (SSSR count). The Bertz CT molecular complexity index is 1790. The minimum Gasteiger partial charge on any atom is -0.481 e. The lowest BCUT2D eigenvalue weighted by atomic mass is 9.91. The van der Waals surface area contributed by atoms with E-state index in [1.807, 2.05) is 19.9 Å². The number of carboxylic acids is 2. The summed E-state index contributed by atoms with van der Waals surface area (Å²) in [5, 5.41) is 36.8. The molecule has 246 valence electrons. The second-order valence-electron chi connectivity index (χ2n) is 12.5. The number of H-pyrrole nitrogens is 2. The molecule has 0 aromatic carbocycles. The molecule has 7 N–H and O–H groups in total. The number of aliphatic hydroxyl groups excluding tert-OH is 1. The van der Waals surface area contributed by atoms with Gasteiger partial charge in [-0.05, 0) is 74.3 Å². The third-order valence-electron chi connectivity index (χ3n) is 9.66. The van der Waals surface area contributed by atoms with E-state index in [0.717, 1.165) is 16.8 Å². The zero-order valence-corrected chi connectivity index (χ0v) is 27.1. The van der Waals surface area contributed by atoms with Gasteiger partial charge in [0.1, 0.15) is 5.60 Å². The minimum absolute atomic E-state index is 0.0454. The van der Waals surface area contributed by atoms with E-state index in [1.165, 1.54) is 6.08 Å². The molecule has 3 aliphatic rings. The van der Waals surface area contributed by atoms with Gasteiger partial charge in [0.05, 0.1) is 18.4 Å². The number of fused-ring (bicyclic) bond motifs is 1. The Morgan fingerprint density at radius 1 is 1.07 bits per heavy atom. The molecule has 2 aromatic heterocycles. The highest BCUT2D eigenvalue weighted by molar-refractivity contribution is 7.80. The van der Waals surface area contributed by atoms with Crippen molar-refractivity contribution in [2.24, 2.45) is 17.8 Å². The lowest BCUT2D eigenvalue weighted by Crippen LogP contribution is -2.34.